The second kappa shape index (κ2) is 13.7. The number of hydrogen-bond acceptors (Lipinski definition) is 4. The number of nitrogens with zero attached hydrogens (tertiary/aromatic N) is 2. The molecule has 0 aliphatic carbocycles. The first-order valence-corrected chi connectivity index (χ1v) is 21.5. The Balaban J connectivity index is 1.27. The van der Waals surface area contributed by atoms with Crippen LogP contribution < -0.4 is 5.19 Å². The number of rotatable bonds is 7. The maximum absolute atomic E-state index is 6.25. The Hall–Kier alpha value is -6.82. The number of hydrogen-bond donors (Lipinski definition) is 0. The Kier molecular flexibility index (Phi) is 8.35. The van der Waals surface area contributed by atoms with E-state index in [2.05, 4.69) is 160 Å². The second-order valence-corrected chi connectivity index (χ2v) is 20.3. The van der Waals surface area contributed by atoms with Crippen molar-refractivity contribution in [3.63, 3.8) is 0 Å². The lowest BCUT2D eigenvalue weighted by Gasteiger charge is -2.45. The summed E-state index contributed by atoms with van der Waals surface area (Å²) in [6.45, 7) is 7.34. The summed E-state index contributed by atoms with van der Waals surface area (Å²) in [5, 5.41) is 3.97. The average Bonchev–Trinajstić information content (AvgIpc) is 3.98. The first-order chi connectivity index (χ1) is 27.9. The van der Waals surface area contributed by atoms with Gasteiger partial charge in [-0.25, -0.2) is 9.97 Å². The number of benzene rings is 7. The van der Waals surface area contributed by atoms with E-state index in [1.165, 1.54) is 49.0 Å². The fourth-order valence-electron chi connectivity index (χ4n) is 8.97. The van der Waals surface area contributed by atoms with Crippen molar-refractivity contribution in [2.75, 3.05) is 0 Å². The summed E-state index contributed by atoms with van der Waals surface area (Å²) in [6.07, 6.45) is 0. The number of fused-ring (bicyclic) bond motifs is 2. The van der Waals surface area contributed by atoms with Gasteiger partial charge >= 0.3 is 0 Å². The van der Waals surface area contributed by atoms with Crippen molar-refractivity contribution in [1.82, 2.24) is 9.97 Å². The molecular formula is C52H40N2O2Si. The molecule has 0 bridgehead atoms. The van der Waals surface area contributed by atoms with Crippen molar-refractivity contribution in [2.45, 2.75) is 25.8 Å². The van der Waals surface area contributed by atoms with Crippen molar-refractivity contribution in [2.24, 2.45) is 0 Å². The van der Waals surface area contributed by atoms with Crippen molar-refractivity contribution in [3.05, 3.63) is 210 Å². The quantitative estimate of drug-likeness (QED) is 0.152. The van der Waals surface area contributed by atoms with Crippen LogP contribution in [0.3, 0.4) is 0 Å². The van der Waals surface area contributed by atoms with Crippen LogP contribution >= 0.6 is 0 Å². The molecule has 1 aliphatic rings. The average molecular weight is 753 g/mol. The molecule has 0 amide bonds. The van der Waals surface area contributed by atoms with E-state index < -0.39 is 8.07 Å². The molecule has 0 saturated heterocycles. The summed E-state index contributed by atoms with van der Waals surface area (Å²) in [6, 6.07) is 67.0. The molecule has 4 nitrogen and oxygen atoms in total. The summed E-state index contributed by atoms with van der Waals surface area (Å²) in [4.78, 5) is 9.69. The maximum Gasteiger partial charge on any atom is 0.227 e. The van der Waals surface area contributed by atoms with E-state index in [0.29, 0.717) is 11.8 Å². The van der Waals surface area contributed by atoms with E-state index in [9.17, 15) is 0 Å². The third kappa shape index (κ3) is 5.73. The molecule has 1 aliphatic heterocycles. The minimum atomic E-state index is -3.01. The highest BCUT2D eigenvalue weighted by molar-refractivity contribution is 7.23. The first kappa shape index (κ1) is 34.7. The Bertz CT molecular complexity index is 2710. The summed E-state index contributed by atoms with van der Waals surface area (Å²) < 4.78 is 12.5. The van der Waals surface area contributed by atoms with E-state index in [-0.39, 0.29) is 5.04 Å². The third-order valence-corrected chi connectivity index (χ3v) is 17.4. The molecule has 3 heterocycles. The monoisotopic (exact) mass is 752 g/mol. The zero-order valence-electron chi connectivity index (χ0n) is 32.1. The van der Waals surface area contributed by atoms with Crippen LogP contribution in [0.25, 0.3) is 66.6 Å². The van der Waals surface area contributed by atoms with Crippen LogP contribution in [-0.4, -0.2) is 18.0 Å². The van der Waals surface area contributed by atoms with Crippen molar-refractivity contribution >= 4 is 57.0 Å². The van der Waals surface area contributed by atoms with Gasteiger partial charge in [0, 0.05) is 11.1 Å². The smallest absolute Gasteiger partial charge is 0.227 e. The van der Waals surface area contributed by atoms with E-state index >= 15 is 0 Å². The van der Waals surface area contributed by atoms with Gasteiger partial charge in [-0.1, -0.05) is 160 Å². The van der Waals surface area contributed by atoms with Gasteiger partial charge in [-0.3, -0.25) is 0 Å². The SMILES string of the molecule is CC(C)(C)[Si]1(c2ccccc2)C(c2ccc(-c3nc4ccccc4o3)cc2)=C(c2ccccc2)C(c2ccccc2)=C1c1ccc(-c2nc3ccccc3o2)cc1. The van der Waals surface area contributed by atoms with Crippen LogP contribution in [0.1, 0.15) is 43.0 Å². The summed E-state index contributed by atoms with van der Waals surface area (Å²) in [5.74, 6) is 1.24. The number of allylic oxidation sites excluding steroid dienone is 2. The molecule has 0 fully saturated rings. The molecule has 0 unspecified atom stereocenters. The topological polar surface area (TPSA) is 52.1 Å². The molecule has 0 radical (unpaired) electrons. The van der Waals surface area contributed by atoms with Crippen molar-refractivity contribution in [3.8, 4) is 22.9 Å². The lowest BCUT2D eigenvalue weighted by molar-refractivity contribution is 0.619. The second-order valence-electron chi connectivity index (χ2n) is 15.7. The predicted octanol–water partition coefficient (Wildman–Crippen LogP) is 13.1. The molecule has 0 spiro atoms. The first-order valence-electron chi connectivity index (χ1n) is 19.5. The van der Waals surface area contributed by atoms with Gasteiger partial charge in [-0.15, -0.1) is 0 Å². The van der Waals surface area contributed by atoms with Crippen LogP contribution in [0.15, 0.2) is 197 Å². The Morgan fingerprint density at radius 3 is 1.11 bits per heavy atom. The molecule has 0 N–H and O–H groups in total. The lowest BCUT2D eigenvalue weighted by atomic mass is 9.89. The van der Waals surface area contributed by atoms with Crippen LogP contribution in [0.4, 0.5) is 0 Å². The predicted molar refractivity (Wildman–Crippen MR) is 237 cm³/mol. The highest BCUT2D eigenvalue weighted by Gasteiger charge is 2.58. The van der Waals surface area contributed by atoms with Gasteiger partial charge in [0.2, 0.25) is 11.8 Å². The lowest BCUT2D eigenvalue weighted by Crippen LogP contribution is -2.56. The highest BCUT2D eigenvalue weighted by Crippen LogP contribution is 2.62. The van der Waals surface area contributed by atoms with Crippen LogP contribution in [-0.2, 0) is 0 Å². The maximum atomic E-state index is 6.25. The van der Waals surface area contributed by atoms with Crippen LogP contribution in [0.5, 0.6) is 0 Å². The van der Waals surface area contributed by atoms with Gasteiger partial charge < -0.3 is 8.83 Å². The van der Waals surface area contributed by atoms with Crippen molar-refractivity contribution < 1.29 is 8.83 Å². The van der Waals surface area contributed by atoms with Crippen molar-refractivity contribution in [1.29, 1.82) is 0 Å². The Labute approximate surface area is 333 Å². The summed E-state index contributed by atoms with van der Waals surface area (Å²) in [5.41, 5.74) is 12.5. The van der Waals surface area contributed by atoms with E-state index in [4.69, 9.17) is 18.8 Å². The molecule has 10 rings (SSSR count). The molecule has 7 aromatic carbocycles. The zero-order chi connectivity index (χ0) is 38.6. The molecule has 0 atom stereocenters. The Morgan fingerprint density at radius 2 is 0.719 bits per heavy atom. The van der Waals surface area contributed by atoms with Gasteiger partial charge in [-0.05, 0) is 103 Å². The molecule has 0 saturated carbocycles. The molecule has 274 valence electrons. The van der Waals surface area contributed by atoms with E-state index in [1.807, 2.05) is 48.5 Å². The van der Waals surface area contributed by atoms with Crippen LogP contribution in [0, 0.1) is 0 Å². The number of para-hydroxylation sites is 4. The molecular weight excluding hydrogens is 713 g/mol. The number of aromatic nitrogens is 2. The highest BCUT2D eigenvalue weighted by atomic mass is 28.3. The number of oxazole rings is 2. The van der Waals surface area contributed by atoms with Gasteiger partial charge in [0.15, 0.2) is 19.2 Å². The minimum absolute atomic E-state index is 0.187. The normalized spacial score (nSPS) is 14.2. The molecule has 2 aromatic heterocycles. The largest absolute Gasteiger partial charge is 0.436 e. The molecule has 57 heavy (non-hydrogen) atoms. The Morgan fingerprint density at radius 1 is 0.368 bits per heavy atom. The summed E-state index contributed by atoms with van der Waals surface area (Å²) >= 11 is 0. The fourth-order valence-corrected chi connectivity index (χ4v) is 15.3. The molecule has 9 aromatic rings. The van der Waals surface area contributed by atoms with Gasteiger partial charge in [0.25, 0.3) is 0 Å². The van der Waals surface area contributed by atoms with Gasteiger partial charge in [-0.2, -0.15) is 0 Å². The standard InChI is InChI=1S/C52H40N2O2Si/c1-52(2,3)57(41-21-11-6-12-22-41)48(37-27-31-39(32-28-37)50-53-42-23-13-15-25-44(42)55-50)46(35-17-7-4-8-18-35)47(36-19-9-5-10-20-36)49(57)38-29-33-40(34-30-38)51-54-43-24-14-16-26-45(43)56-51/h4-34H,1-3H3. The van der Waals surface area contributed by atoms with E-state index in [0.717, 1.165) is 33.3 Å². The minimum Gasteiger partial charge on any atom is -0.436 e. The van der Waals surface area contributed by atoms with Gasteiger partial charge in [0.1, 0.15) is 11.0 Å². The fraction of sp³-hybridized carbons (Fsp3) is 0.0769. The molecule has 5 heteroatoms. The van der Waals surface area contributed by atoms with E-state index in [1.54, 1.807) is 0 Å². The zero-order valence-corrected chi connectivity index (χ0v) is 33.1. The third-order valence-electron chi connectivity index (χ3n) is 11.4. The van der Waals surface area contributed by atoms with Crippen LogP contribution in [0.2, 0.25) is 5.04 Å². The van der Waals surface area contributed by atoms with Gasteiger partial charge in [0.05, 0.1) is 0 Å². The summed E-state index contributed by atoms with van der Waals surface area (Å²) in [7, 11) is -3.01.